The average molecular weight is 384 g/mol. The standard InChI is InChI=1S/C21H25N3O2S/c1-27-20-22-17-5-3-2-4-16(17)19(23-20)26-12-18(25)24-21-9-13-6-14(10-21)8-15(7-13)11-21/h2-5,13-15H,6-12H2,1H3,(H,24,25). The molecule has 0 aliphatic heterocycles. The summed E-state index contributed by atoms with van der Waals surface area (Å²) in [6, 6.07) is 7.76. The lowest BCUT2D eigenvalue weighted by Gasteiger charge is -2.56. The number of rotatable bonds is 5. The van der Waals surface area contributed by atoms with Gasteiger partial charge in [-0.2, -0.15) is 4.98 Å². The van der Waals surface area contributed by atoms with Gasteiger partial charge in [0.2, 0.25) is 5.88 Å². The molecule has 0 saturated heterocycles. The number of nitrogens with one attached hydrogen (secondary N) is 1. The Kier molecular flexibility index (Phi) is 4.26. The molecule has 1 aromatic carbocycles. The van der Waals surface area contributed by atoms with Crippen molar-refractivity contribution in [1.29, 1.82) is 0 Å². The van der Waals surface area contributed by atoms with Crippen molar-refractivity contribution in [3.05, 3.63) is 24.3 Å². The van der Waals surface area contributed by atoms with E-state index in [1.807, 2.05) is 30.5 Å². The molecule has 6 heteroatoms. The molecule has 1 aromatic heterocycles. The molecule has 4 fully saturated rings. The molecule has 0 atom stereocenters. The van der Waals surface area contributed by atoms with E-state index in [-0.39, 0.29) is 18.1 Å². The normalized spacial score (nSPS) is 31.2. The van der Waals surface area contributed by atoms with Crippen LogP contribution in [0.3, 0.4) is 0 Å². The molecular weight excluding hydrogens is 358 g/mol. The van der Waals surface area contributed by atoms with Crippen LogP contribution in [0.15, 0.2) is 29.4 Å². The minimum absolute atomic E-state index is 0.0105. The number of amides is 1. The molecule has 1 N–H and O–H groups in total. The molecule has 5 nitrogen and oxygen atoms in total. The number of hydrogen-bond acceptors (Lipinski definition) is 5. The minimum atomic E-state index is -0.0228. The first-order valence-corrected chi connectivity index (χ1v) is 11.1. The zero-order chi connectivity index (χ0) is 18.4. The zero-order valence-corrected chi connectivity index (χ0v) is 16.4. The van der Waals surface area contributed by atoms with Crippen LogP contribution in [0.5, 0.6) is 5.88 Å². The Morgan fingerprint density at radius 3 is 2.48 bits per heavy atom. The molecule has 4 aliphatic carbocycles. The van der Waals surface area contributed by atoms with Crippen molar-refractivity contribution in [1.82, 2.24) is 15.3 Å². The molecule has 1 heterocycles. The van der Waals surface area contributed by atoms with Gasteiger partial charge in [0, 0.05) is 5.54 Å². The molecule has 1 amide bonds. The van der Waals surface area contributed by atoms with Crippen LogP contribution < -0.4 is 10.1 Å². The van der Waals surface area contributed by atoms with Crippen LogP contribution in [0.4, 0.5) is 0 Å². The highest BCUT2D eigenvalue weighted by Gasteiger charge is 2.51. The van der Waals surface area contributed by atoms with Gasteiger partial charge < -0.3 is 10.1 Å². The number of fused-ring (bicyclic) bond motifs is 1. The van der Waals surface area contributed by atoms with E-state index in [4.69, 9.17) is 4.74 Å². The van der Waals surface area contributed by atoms with Crippen molar-refractivity contribution in [2.75, 3.05) is 12.9 Å². The number of thioether (sulfide) groups is 1. The predicted molar refractivity (Wildman–Crippen MR) is 106 cm³/mol. The number of carbonyl (C=O) groups excluding carboxylic acids is 1. The van der Waals surface area contributed by atoms with Crippen LogP contribution in [0.1, 0.15) is 38.5 Å². The number of nitrogens with zero attached hydrogens (tertiary/aromatic N) is 2. The van der Waals surface area contributed by atoms with Crippen LogP contribution in [0.25, 0.3) is 10.9 Å². The quantitative estimate of drug-likeness (QED) is 0.628. The summed E-state index contributed by atoms with van der Waals surface area (Å²) in [6.45, 7) is 0.0105. The Hall–Kier alpha value is -1.82. The summed E-state index contributed by atoms with van der Waals surface area (Å²) >= 11 is 1.47. The number of ether oxygens (including phenoxy) is 1. The smallest absolute Gasteiger partial charge is 0.258 e. The molecule has 2 aromatic rings. The fraction of sp³-hybridized carbons (Fsp3) is 0.571. The number of carbonyl (C=O) groups is 1. The first-order valence-electron chi connectivity index (χ1n) is 9.87. The topological polar surface area (TPSA) is 64.1 Å². The largest absolute Gasteiger partial charge is 0.467 e. The van der Waals surface area contributed by atoms with E-state index in [1.165, 1.54) is 31.0 Å². The highest BCUT2D eigenvalue weighted by atomic mass is 32.2. The second-order valence-electron chi connectivity index (χ2n) is 8.57. The molecular formula is C21H25N3O2S. The lowest BCUT2D eigenvalue weighted by molar-refractivity contribution is -0.128. The maximum absolute atomic E-state index is 12.7. The maximum atomic E-state index is 12.7. The van der Waals surface area contributed by atoms with E-state index in [0.29, 0.717) is 11.0 Å². The summed E-state index contributed by atoms with van der Waals surface area (Å²) in [6.07, 6.45) is 9.50. The Morgan fingerprint density at radius 2 is 1.81 bits per heavy atom. The molecule has 6 rings (SSSR count). The summed E-state index contributed by atoms with van der Waals surface area (Å²) in [5.74, 6) is 2.91. The average Bonchev–Trinajstić information content (AvgIpc) is 2.64. The van der Waals surface area contributed by atoms with Gasteiger partial charge >= 0.3 is 0 Å². The third-order valence-corrected chi connectivity index (χ3v) is 7.06. The van der Waals surface area contributed by atoms with Gasteiger partial charge in [-0.25, -0.2) is 4.98 Å². The summed E-state index contributed by atoms with van der Waals surface area (Å²) in [4.78, 5) is 21.7. The van der Waals surface area contributed by atoms with Crippen molar-refractivity contribution in [2.24, 2.45) is 17.8 Å². The van der Waals surface area contributed by atoms with E-state index in [0.717, 1.165) is 47.9 Å². The second kappa shape index (κ2) is 6.66. The van der Waals surface area contributed by atoms with Crippen LogP contribution in [-0.4, -0.2) is 34.3 Å². The minimum Gasteiger partial charge on any atom is -0.467 e. The summed E-state index contributed by atoms with van der Waals surface area (Å²) in [5, 5.41) is 4.86. The molecule has 4 saturated carbocycles. The Labute approximate surface area is 163 Å². The predicted octanol–water partition coefficient (Wildman–Crippen LogP) is 3.82. The Morgan fingerprint density at radius 1 is 1.15 bits per heavy atom. The van der Waals surface area contributed by atoms with Crippen molar-refractivity contribution in [2.45, 2.75) is 49.2 Å². The third-order valence-electron chi connectivity index (χ3n) is 6.51. The molecule has 4 aliphatic rings. The van der Waals surface area contributed by atoms with Gasteiger partial charge in [-0.3, -0.25) is 4.79 Å². The molecule has 0 radical (unpaired) electrons. The summed E-state index contributed by atoms with van der Waals surface area (Å²) in [5.41, 5.74) is 0.862. The highest BCUT2D eigenvalue weighted by Crippen LogP contribution is 2.55. The van der Waals surface area contributed by atoms with Crippen molar-refractivity contribution < 1.29 is 9.53 Å². The second-order valence-corrected chi connectivity index (χ2v) is 9.34. The Bertz CT molecular complexity index is 850. The monoisotopic (exact) mass is 383 g/mol. The molecule has 27 heavy (non-hydrogen) atoms. The highest BCUT2D eigenvalue weighted by molar-refractivity contribution is 7.98. The zero-order valence-electron chi connectivity index (χ0n) is 15.6. The molecule has 4 bridgehead atoms. The van der Waals surface area contributed by atoms with Gasteiger partial charge in [0.15, 0.2) is 11.8 Å². The van der Waals surface area contributed by atoms with Gasteiger partial charge in [0.05, 0.1) is 10.9 Å². The number of benzene rings is 1. The SMILES string of the molecule is CSc1nc(OCC(=O)NC23CC4CC(CC(C4)C2)C3)c2ccccc2n1. The number of aromatic nitrogens is 2. The van der Waals surface area contributed by atoms with E-state index in [1.54, 1.807) is 0 Å². The van der Waals surface area contributed by atoms with Gasteiger partial charge in [0.25, 0.3) is 5.91 Å². The van der Waals surface area contributed by atoms with E-state index < -0.39 is 0 Å². The third kappa shape index (κ3) is 3.28. The van der Waals surface area contributed by atoms with Crippen LogP contribution in [-0.2, 0) is 4.79 Å². The van der Waals surface area contributed by atoms with Gasteiger partial charge in [-0.1, -0.05) is 23.9 Å². The van der Waals surface area contributed by atoms with Crippen LogP contribution >= 0.6 is 11.8 Å². The van der Waals surface area contributed by atoms with Crippen LogP contribution in [0.2, 0.25) is 0 Å². The first kappa shape index (κ1) is 17.3. The molecule has 0 spiro atoms. The van der Waals surface area contributed by atoms with Crippen LogP contribution in [0, 0.1) is 17.8 Å². The van der Waals surface area contributed by atoms with Crippen molar-refractivity contribution in [3.63, 3.8) is 0 Å². The maximum Gasteiger partial charge on any atom is 0.258 e. The van der Waals surface area contributed by atoms with E-state index in [9.17, 15) is 4.79 Å². The summed E-state index contributed by atoms with van der Waals surface area (Å²) < 4.78 is 5.86. The lowest BCUT2D eigenvalue weighted by atomic mass is 9.53. The van der Waals surface area contributed by atoms with E-state index in [2.05, 4.69) is 15.3 Å². The van der Waals surface area contributed by atoms with Crippen molar-refractivity contribution in [3.8, 4) is 5.88 Å². The molecule has 142 valence electrons. The fourth-order valence-electron chi connectivity index (χ4n) is 5.96. The van der Waals surface area contributed by atoms with Gasteiger partial charge in [0.1, 0.15) is 0 Å². The number of hydrogen-bond donors (Lipinski definition) is 1. The van der Waals surface area contributed by atoms with Gasteiger partial charge in [-0.05, 0) is 74.7 Å². The number of para-hydroxylation sites is 1. The Balaban J connectivity index is 1.29. The van der Waals surface area contributed by atoms with Crippen molar-refractivity contribution >= 4 is 28.6 Å². The molecule has 0 unspecified atom stereocenters. The summed E-state index contributed by atoms with van der Waals surface area (Å²) in [7, 11) is 0. The first-order chi connectivity index (χ1) is 13.1. The van der Waals surface area contributed by atoms with E-state index >= 15 is 0 Å². The lowest BCUT2D eigenvalue weighted by Crippen LogP contribution is -2.60. The fourth-order valence-corrected chi connectivity index (χ4v) is 6.32. The van der Waals surface area contributed by atoms with Gasteiger partial charge in [-0.15, -0.1) is 0 Å².